The number of amides is 2. The number of anilines is 1. The number of para-hydroxylation sites is 1. The van der Waals surface area contributed by atoms with Crippen LogP contribution in [0, 0.1) is 5.92 Å². The van der Waals surface area contributed by atoms with Crippen molar-refractivity contribution in [3.8, 4) is 0 Å². The first-order valence-corrected chi connectivity index (χ1v) is 8.62. The van der Waals surface area contributed by atoms with Gasteiger partial charge in [-0.15, -0.1) is 0 Å². The summed E-state index contributed by atoms with van der Waals surface area (Å²) in [5.74, 6) is 0.638. The summed E-state index contributed by atoms with van der Waals surface area (Å²) < 4.78 is 5.56. The Morgan fingerprint density at radius 2 is 2.17 bits per heavy atom. The van der Waals surface area contributed by atoms with Crippen LogP contribution in [-0.4, -0.2) is 50.3 Å². The minimum absolute atomic E-state index is 0.0409. The van der Waals surface area contributed by atoms with Crippen molar-refractivity contribution >= 4 is 11.7 Å². The molecule has 2 aliphatic rings. The summed E-state index contributed by atoms with van der Waals surface area (Å²) in [6.45, 7) is 5.66. The molecule has 1 aliphatic heterocycles. The Labute approximate surface area is 138 Å². The summed E-state index contributed by atoms with van der Waals surface area (Å²) in [5.41, 5.74) is 2.33. The molecule has 1 atom stereocenters. The summed E-state index contributed by atoms with van der Waals surface area (Å²) >= 11 is 0. The van der Waals surface area contributed by atoms with Gasteiger partial charge in [0.2, 0.25) is 0 Å². The summed E-state index contributed by atoms with van der Waals surface area (Å²) in [7, 11) is 2.08. The third kappa shape index (κ3) is 3.78. The second-order valence-corrected chi connectivity index (χ2v) is 6.47. The van der Waals surface area contributed by atoms with Gasteiger partial charge >= 0.3 is 6.03 Å². The van der Waals surface area contributed by atoms with Gasteiger partial charge in [0.1, 0.15) is 0 Å². The SMILES string of the molecule is CCN(C)c1ccccc1CNC(=O)N1CCOCC1C1CC1. The lowest BCUT2D eigenvalue weighted by molar-refractivity contribution is 0.00464. The molecule has 5 heteroatoms. The van der Waals surface area contributed by atoms with E-state index in [0.29, 0.717) is 32.2 Å². The van der Waals surface area contributed by atoms with Crippen LogP contribution in [0.1, 0.15) is 25.3 Å². The molecule has 2 fully saturated rings. The first-order valence-electron chi connectivity index (χ1n) is 8.62. The highest BCUT2D eigenvalue weighted by atomic mass is 16.5. The van der Waals surface area contributed by atoms with Crippen LogP contribution in [0.4, 0.5) is 10.5 Å². The van der Waals surface area contributed by atoms with Gasteiger partial charge in [0, 0.05) is 32.4 Å². The molecule has 1 unspecified atom stereocenters. The molecule has 1 saturated carbocycles. The van der Waals surface area contributed by atoms with Gasteiger partial charge in [-0.1, -0.05) is 18.2 Å². The van der Waals surface area contributed by atoms with Crippen LogP contribution in [0.5, 0.6) is 0 Å². The van der Waals surface area contributed by atoms with Crippen molar-refractivity contribution in [1.82, 2.24) is 10.2 Å². The predicted molar refractivity (Wildman–Crippen MR) is 91.7 cm³/mol. The minimum atomic E-state index is 0.0409. The van der Waals surface area contributed by atoms with E-state index in [1.54, 1.807) is 0 Å². The molecule has 0 bridgehead atoms. The van der Waals surface area contributed by atoms with Gasteiger partial charge in [-0.2, -0.15) is 0 Å². The van der Waals surface area contributed by atoms with E-state index in [1.165, 1.54) is 18.5 Å². The smallest absolute Gasteiger partial charge is 0.318 e. The first-order chi connectivity index (χ1) is 11.2. The number of nitrogens with one attached hydrogen (secondary N) is 1. The van der Waals surface area contributed by atoms with Gasteiger partial charge in [0.05, 0.1) is 19.3 Å². The summed E-state index contributed by atoms with van der Waals surface area (Å²) in [6, 6.07) is 8.55. The van der Waals surface area contributed by atoms with Gasteiger partial charge in [-0.05, 0) is 37.3 Å². The minimum Gasteiger partial charge on any atom is -0.377 e. The number of benzene rings is 1. The molecule has 5 nitrogen and oxygen atoms in total. The van der Waals surface area contributed by atoms with Crippen molar-refractivity contribution in [2.75, 3.05) is 38.3 Å². The quantitative estimate of drug-likeness (QED) is 0.907. The molecule has 1 N–H and O–H groups in total. The fraction of sp³-hybridized carbons (Fsp3) is 0.611. The lowest BCUT2D eigenvalue weighted by Gasteiger charge is -2.36. The summed E-state index contributed by atoms with van der Waals surface area (Å²) in [6.07, 6.45) is 2.45. The molecule has 3 rings (SSSR count). The molecule has 2 amide bonds. The number of morpholine rings is 1. The first kappa shape index (κ1) is 16.1. The average Bonchev–Trinajstić information content (AvgIpc) is 3.44. The van der Waals surface area contributed by atoms with Crippen LogP contribution in [-0.2, 0) is 11.3 Å². The van der Waals surface area contributed by atoms with Crippen LogP contribution in [0.3, 0.4) is 0 Å². The summed E-state index contributed by atoms with van der Waals surface area (Å²) in [5, 5.41) is 3.11. The number of nitrogens with zero attached hydrogens (tertiary/aromatic N) is 2. The number of carbonyl (C=O) groups excluding carboxylic acids is 1. The van der Waals surface area contributed by atoms with Gasteiger partial charge in [-0.3, -0.25) is 0 Å². The molecule has 126 valence electrons. The maximum absolute atomic E-state index is 12.6. The largest absolute Gasteiger partial charge is 0.377 e. The molecule has 1 saturated heterocycles. The van der Waals surface area contributed by atoms with Crippen molar-refractivity contribution in [3.63, 3.8) is 0 Å². The highest BCUT2D eigenvalue weighted by Crippen LogP contribution is 2.36. The molecular weight excluding hydrogens is 290 g/mol. The Balaban J connectivity index is 1.62. The van der Waals surface area contributed by atoms with E-state index in [0.717, 1.165) is 12.1 Å². The lowest BCUT2D eigenvalue weighted by atomic mass is 10.1. The second-order valence-electron chi connectivity index (χ2n) is 6.47. The molecule has 0 spiro atoms. The molecule has 1 aromatic carbocycles. The van der Waals surface area contributed by atoms with Crippen LogP contribution < -0.4 is 10.2 Å². The molecule has 0 aromatic heterocycles. The zero-order chi connectivity index (χ0) is 16.2. The van der Waals surface area contributed by atoms with Crippen molar-refractivity contribution in [2.45, 2.75) is 32.4 Å². The topological polar surface area (TPSA) is 44.8 Å². The van der Waals surface area contributed by atoms with Crippen molar-refractivity contribution < 1.29 is 9.53 Å². The number of urea groups is 1. The van der Waals surface area contributed by atoms with E-state index < -0.39 is 0 Å². The Kier molecular flexibility index (Phi) is 5.06. The number of ether oxygens (including phenoxy) is 1. The third-order valence-electron chi connectivity index (χ3n) is 4.90. The van der Waals surface area contributed by atoms with E-state index in [-0.39, 0.29) is 12.1 Å². The van der Waals surface area contributed by atoms with Gasteiger partial charge in [0.25, 0.3) is 0 Å². The number of hydrogen-bond donors (Lipinski definition) is 1. The zero-order valence-corrected chi connectivity index (χ0v) is 14.1. The van der Waals surface area contributed by atoms with Crippen molar-refractivity contribution in [1.29, 1.82) is 0 Å². The zero-order valence-electron chi connectivity index (χ0n) is 14.1. The highest BCUT2D eigenvalue weighted by Gasteiger charge is 2.39. The van der Waals surface area contributed by atoms with Crippen LogP contribution in [0.2, 0.25) is 0 Å². The van der Waals surface area contributed by atoms with E-state index in [2.05, 4.69) is 36.3 Å². The number of hydrogen-bond acceptors (Lipinski definition) is 3. The van der Waals surface area contributed by atoms with Crippen LogP contribution >= 0.6 is 0 Å². The van der Waals surface area contributed by atoms with Gasteiger partial charge < -0.3 is 19.9 Å². The molecule has 23 heavy (non-hydrogen) atoms. The lowest BCUT2D eigenvalue weighted by Crippen LogP contribution is -2.53. The average molecular weight is 317 g/mol. The van der Waals surface area contributed by atoms with Crippen molar-refractivity contribution in [2.24, 2.45) is 5.92 Å². The highest BCUT2D eigenvalue weighted by molar-refractivity contribution is 5.75. The normalized spacial score (nSPS) is 21.1. The predicted octanol–water partition coefficient (Wildman–Crippen LogP) is 2.46. The fourth-order valence-electron chi connectivity index (χ4n) is 3.22. The van der Waals surface area contributed by atoms with Crippen molar-refractivity contribution in [3.05, 3.63) is 29.8 Å². The second kappa shape index (κ2) is 7.21. The van der Waals surface area contributed by atoms with E-state index in [9.17, 15) is 4.79 Å². The third-order valence-corrected chi connectivity index (χ3v) is 4.90. The van der Waals surface area contributed by atoms with E-state index >= 15 is 0 Å². The molecular formula is C18H27N3O2. The Bertz CT molecular complexity index is 545. The Hall–Kier alpha value is -1.75. The summed E-state index contributed by atoms with van der Waals surface area (Å²) in [4.78, 5) is 16.8. The molecule has 1 aromatic rings. The fourth-order valence-corrected chi connectivity index (χ4v) is 3.22. The van der Waals surface area contributed by atoms with E-state index in [1.807, 2.05) is 17.0 Å². The van der Waals surface area contributed by atoms with E-state index in [4.69, 9.17) is 4.74 Å². The van der Waals surface area contributed by atoms with Crippen LogP contribution in [0.25, 0.3) is 0 Å². The monoisotopic (exact) mass is 317 g/mol. The standard InChI is InChI=1S/C18H27N3O2/c1-3-20(2)16-7-5-4-6-15(16)12-19-18(22)21-10-11-23-13-17(21)14-8-9-14/h4-7,14,17H,3,8-13H2,1-2H3,(H,19,22). The van der Waals surface area contributed by atoms with Gasteiger partial charge in [-0.25, -0.2) is 4.79 Å². The maximum Gasteiger partial charge on any atom is 0.318 e. The molecule has 1 aliphatic carbocycles. The molecule has 1 heterocycles. The number of rotatable bonds is 5. The Morgan fingerprint density at radius 1 is 1.39 bits per heavy atom. The maximum atomic E-state index is 12.6. The van der Waals surface area contributed by atoms with Gasteiger partial charge in [0.15, 0.2) is 0 Å². The number of carbonyl (C=O) groups is 1. The van der Waals surface area contributed by atoms with Crippen LogP contribution in [0.15, 0.2) is 24.3 Å². The molecule has 0 radical (unpaired) electrons. The Morgan fingerprint density at radius 3 is 2.91 bits per heavy atom.